The standard InChI is InChI=1S/C19H13F2N3O2S/c20-14-4-3-5-15(21)13(14)11-27(25,26)12-7-8-16-18(10-12)24-19(23-16)17-6-1-2-9-22-17/h1-10H,11H2,(H,23,24). The van der Waals surface area contributed by atoms with Gasteiger partial charge in [0.25, 0.3) is 0 Å². The monoisotopic (exact) mass is 385 g/mol. The van der Waals surface area contributed by atoms with E-state index in [0.717, 1.165) is 12.1 Å². The van der Waals surface area contributed by atoms with Crippen LogP contribution in [-0.2, 0) is 15.6 Å². The van der Waals surface area contributed by atoms with E-state index < -0.39 is 32.8 Å². The molecule has 0 spiro atoms. The van der Waals surface area contributed by atoms with Crippen LogP contribution in [0.1, 0.15) is 5.56 Å². The highest BCUT2D eigenvalue weighted by molar-refractivity contribution is 7.90. The van der Waals surface area contributed by atoms with E-state index in [4.69, 9.17) is 0 Å². The number of benzene rings is 2. The number of hydrogen-bond donors (Lipinski definition) is 1. The predicted molar refractivity (Wildman–Crippen MR) is 96.6 cm³/mol. The minimum atomic E-state index is -3.95. The molecule has 4 aromatic rings. The van der Waals surface area contributed by atoms with Crippen molar-refractivity contribution in [1.82, 2.24) is 15.0 Å². The molecule has 0 bridgehead atoms. The molecule has 1 N–H and O–H groups in total. The molecular weight excluding hydrogens is 372 g/mol. The van der Waals surface area contributed by atoms with Crippen molar-refractivity contribution in [3.05, 3.63) is 78.0 Å². The number of pyridine rings is 1. The molecule has 5 nitrogen and oxygen atoms in total. The van der Waals surface area contributed by atoms with E-state index in [2.05, 4.69) is 15.0 Å². The second kappa shape index (κ2) is 6.55. The summed E-state index contributed by atoms with van der Waals surface area (Å²) in [5.74, 6) is -2.05. The summed E-state index contributed by atoms with van der Waals surface area (Å²) < 4.78 is 52.9. The molecule has 0 saturated carbocycles. The molecule has 0 atom stereocenters. The summed E-state index contributed by atoms with van der Waals surface area (Å²) in [7, 11) is -3.95. The molecular formula is C19H13F2N3O2S. The number of sulfone groups is 1. The third kappa shape index (κ3) is 3.31. The van der Waals surface area contributed by atoms with Crippen molar-refractivity contribution in [2.75, 3.05) is 0 Å². The Kier molecular flexibility index (Phi) is 4.19. The van der Waals surface area contributed by atoms with Crippen LogP contribution in [0.25, 0.3) is 22.6 Å². The highest BCUT2D eigenvalue weighted by Crippen LogP contribution is 2.25. The van der Waals surface area contributed by atoms with E-state index in [9.17, 15) is 17.2 Å². The minimum absolute atomic E-state index is 0.0473. The van der Waals surface area contributed by atoms with Crippen molar-refractivity contribution in [3.63, 3.8) is 0 Å². The molecule has 2 aromatic carbocycles. The lowest BCUT2D eigenvalue weighted by Crippen LogP contribution is -2.08. The molecule has 2 heterocycles. The van der Waals surface area contributed by atoms with Gasteiger partial charge in [0.05, 0.1) is 21.7 Å². The van der Waals surface area contributed by atoms with Gasteiger partial charge in [0, 0.05) is 11.8 Å². The third-order valence-electron chi connectivity index (χ3n) is 4.12. The first kappa shape index (κ1) is 17.3. The molecule has 0 saturated heterocycles. The van der Waals surface area contributed by atoms with E-state index in [-0.39, 0.29) is 4.90 Å². The molecule has 8 heteroatoms. The number of imidazole rings is 1. The Bertz CT molecular complexity index is 1220. The highest BCUT2D eigenvalue weighted by atomic mass is 32.2. The van der Waals surface area contributed by atoms with Crippen LogP contribution in [0.5, 0.6) is 0 Å². The Morgan fingerprint density at radius 1 is 0.963 bits per heavy atom. The van der Waals surface area contributed by atoms with Crippen LogP contribution in [0.15, 0.2) is 65.7 Å². The van der Waals surface area contributed by atoms with Crippen LogP contribution in [0.2, 0.25) is 0 Å². The molecule has 4 rings (SSSR count). The molecule has 0 aliphatic heterocycles. The zero-order valence-corrected chi connectivity index (χ0v) is 14.7. The molecule has 2 aromatic heterocycles. The summed E-state index contributed by atoms with van der Waals surface area (Å²) in [4.78, 5) is 11.6. The van der Waals surface area contributed by atoms with Gasteiger partial charge in [-0.25, -0.2) is 22.2 Å². The van der Waals surface area contributed by atoms with Crippen molar-refractivity contribution in [1.29, 1.82) is 0 Å². The number of rotatable bonds is 4. The largest absolute Gasteiger partial charge is 0.337 e. The number of nitrogens with zero attached hydrogens (tertiary/aromatic N) is 2. The van der Waals surface area contributed by atoms with Gasteiger partial charge in [-0.15, -0.1) is 0 Å². The quantitative estimate of drug-likeness (QED) is 0.579. The number of H-pyrrole nitrogens is 1. The van der Waals surface area contributed by atoms with Gasteiger partial charge in [0.2, 0.25) is 0 Å². The molecule has 0 radical (unpaired) electrons. The Labute approximate surface area is 153 Å². The lowest BCUT2D eigenvalue weighted by Gasteiger charge is -2.07. The maximum Gasteiger partial charge on any atom is 0.182 e. The van der Waals surface area contributed by atoms with Crippen molar-refractivity contribution in [3.8, 4) is 11.5 Å². The fraction of sp³-hybridized carbons (Fsp3) is 0.0526. The summed E-state index contributed by atoms with van der Waals surface area (Å²) in [6, 6.07) is 12.9. The topological polar surface area (TPSA) is 75.7 Å². The van der Waals surface area contributed by atoms with Crippen molar-refractivity contribution >= 4 is 20.9 Å². The van der Waals surface area contributed by atoms with Gasteiger partial charge in [-0.05, 0) is 42.5 Å². The number of aromatic amines is 1. The first-order chi connectivity index (χ1) is 12.9. The maximum atomic E-state index is 13.8. The first-order valence-electron chi connectivity index (χ1n) is 8.01. The molecule has 0 aliphatic rings. The van der Waals surface area contributed by atoms with Gasteiger partial charge < -0.3 is 4.98 Å². The number of fused-ring (bicyclic) bond motifs is 1. The Morgan fingerprint density at radius 2 is 1.74 bits per heavy atom. The van der Waals surface area contributed by atoms with Crippen LogP contribution in [-0.4, -0.2) is 23.4 Å². The van der Waals surface area contributed by atoms with Gasteiger partial charge in [0.1, 0.15) is 17.3 Å². The van der Waals surface area contributed by atoms with Gasteiger partial charge in [-0.2, -0.15) is 0 Å². The number of hydrogen-bond acceptors (Lipinski definition) is 4. The molecule has 27 heavy (non-hydrogen) atoms. The molecule has 0 amide bonds. The zero-order valence-electron chi connectivity index (χ0n) is 13.9. The van der Waals surface area contributed by atoms with Crippen LogP contribution in [0, 0.1) is 11.6 Å². The van der Waals surface area contributed by atoms with Crippen molar-refractivity contribution < 1.29 is 17.2 Å². The number of nitrogens with one attached hydrogen (secondary N) is 1. The van der Waals surface area contributed by atoms with Gasteiger partial charge in [0.15, 0.2) is 15.7 Å². The summed E-state index contributed by atoms with van der Waals surface area (Å²) in [5.41, 5.74) is 1.19. The van der Waals surface area contributed by atoms with Crippen molar-refractivity contribution in [2.45, 2.75) is 10.6 Å². The average molecular weight is 385 g/mol. The van der Waals surface area contributed by atoms with Crippen LogP contribution >= 0.6 is 0 Å². The second-order valence-corrected chi connectivity index (χ2v) is 7.93. The van der Waals surface area contributed by atoms with E-state index in [0.29, 0.717) is 22.6 Å². The van der Waals surface area contributed by atoms with E-state index >= 15 is 0 Å². The Balaban J connectivity index is 1.73. The maximum absolute atomic E-state index is 13.8. The summed E-state index contributed by atoms with van der Waals surface area (Å²) in [5, 5.41) is 0. The van der Waals surface area contributed by atoms with Crippen LogP contribution < -0.4 is 0 Å². The summed E-state index contributed by atoms with van der Waals surface area (Å²) in [6.45, 7) is 0. The zero-order chi connectivity index (χ0) is 19.0. The second-order valence-electron chi connectivity index (χ2n) is 5.94. The Hall–Kier alpha value is -3.13. The lowest BCUT2D eigenvalue weighted by molar-refractivity contribution is 0.556. The Morgan fingerprint density at radius 3 is 2.44 bits per heavy atom. The molecule has 0 fully saturated rings. The third-order valence-corrected chi connectivity index (χ3v) is 5.76. The summed E-state index contributed by atoms with van der Waals surface area (Å²) in [6.07, 6.45) is 1.63. The smallest absolute Gasteiger partial charge is 0.182 e. The molecule has 136 valence electrons. The fourth-order valence-corrected chi connectivity index (χ4v) is 4.15. The summed E-state index contributed by atoms with van der Waals surface area (Å²) >= 11 is 0. The van der Waals surface area contributed by atoms with E-state index in [1.165, 1.54) is 18.2 Å². The van der Waals surface area contributed by atoms with E-state index in [1.807, 2.05) is 6.07 Å². The molecule has 0 unspecified atom stereocenters. The van der Waals surface area contributed by atoms with Crippen LogP contribution in [0.4, 0.5) is 8.78 Å². The fourth-order valence-electron chi connectivity index (χ4n) is 2.75. The van der Waals surface area contributed by atoms with E-state index in [1.54, 1.807) is 24.4 Å². The van der Waals surface area contributed by atoms with Gasteiger partial charge in [-0.1, -0.05) is 12.1 Å². The van der Waals surface area contributed by atoms with Gasteiger partial charge in [-0.3, -0.25) is 4.98 Å². The molecule has 0 aliphatic carbocycles. The van der Waals surface area contributed by atoms with Gasteiger partial charge >= 0.3 is 0 Å². The predicted octanol–water partition coefficient (Wildman–Crippen LogP) is 3.88. The normalized spacial score (nSPS) is 11.8. The lowest BCUT2D eigenvalue weighted by atomic mass is 10.2. The minimum Gasteiger partial charge on any atom is -0.337 e. The SMILES string of the molecule is O=S(=O)(Cc1c(F)cccc1F)c1ccc2nc(-c3ccccn3)[nH]c2c1. The number of halogens is 2. The highest BCUT2D eigenvalue weighted by Gasteiger charge is 2.21. The van der Waals surface area contributed by atoms with Crippen LogP contribution in [0.3, 0.4) is 0 Å². The number of aromatic nitrogens is 3. The first-order valence-corrected chi connectivity index (χ1v) is 9.66. The average Bonchev–Trinajstić information content (AvgIpc) is 3.09. The van der Waals surface area contributed by atoms with Crippen molar-refractivity contribution in [2.24, 2.45) is 0 Å².